The van der Waals surface area contributed by atoms with Crippen molar-refractivity contribution in [2.24, 2.45) is 0 Å². The summed E-state index contributed by atoms with van der Waals surface area (Å²) < 4.78 is 47.4. The highest BCUT2D eigenvalue weighted by Gasteiger charge is 2.29. The van der Waals surface area contributed by atoms with E-state index < -0.39 is 0 Å². The van der Waals surface area contributed by atoms with Crippen LogP contribution in [0.3, 0.4) is 0 Å². The average molecular weight is 1810 g/mol. The molecule has 141 heavy (non-hydrogen) atoms. The highest BCUT2D eigenvalue weighted by molar-refractivity contribution is 6.24. The van der Waals surface area contributed by atoms with Crippen LogP contribution in [0.5, 0.6) is 0 Å². The molecular weight excluding hydrogens is 1720 g/mol. The van der Waals surface area contributed by atoms with Crippen LogP contribution < -0.4 is 0 Å². The molecule has 0 N–H and O–H groups in total. The molecule has 30 aromatic rings. The minimum Gasteiger partial charge on any atom is -0.456 e. The van der Waals surface area contributed by atoms with Crippen molar-refractivity contribution in [2.45, 2.75) is 0 Å². The number of para-hydroxylation sites is 11. The largest absolute Gasteiger partial charge is 0.456 e. The van der Waals surface area contributed by atoms with Gasteiger partial charge in [-0.3, -0.25) is 0 Å². The number of nitrogens with zero attached hydrogens (tertiary/aromatic N) is 3. The molecule has 0 fully saturated rings. The Morgan fingerprint density at radius 2 is 0.426 bits per heavy atom. The molecule has 9 aromatic heterocycles. The Kier molecular flexibility index (Phi) is 18.8. The van der Waals surface area contributed by atoms with Gasteiger partial charge in [-0.25, -0.2) is 0 Å². The van der Waals surface area contributed by atoms with Gasteiger partial charge in [-0.05, 0) is 206 Å². The Morgan fingerprint density at radius 3 is 0.879 bits per heavy atom. The number of furan rings is 6. The van der Waals surface area contributed by atoms with E-state index in [0.717, 1.165) is 265 Å². The maximum Gasteiger partial charge on any atom is 0.161 e. The standard InChI is InChI=1S/3C44H27NO2/c1-3-14-28(15-4-1)30-21-11-24-36-40-33(22-13-27-39(40)46-42(30)36)31-18-7-8-19-32(31)34-23-12-25-37-41-44(47-43(34)37)35-20-9-10-26-38(35)45(41)29-16-5-2-6-17-29;1-3-13-28(14-4-1)29-25-26-40-38(27-29)35-22-11-20-33(42(35)46-40)31-17-7-8-18-32(31)34-21-12-23-37-41-44(47-43(34)37)36-19-9-10-24-39(36)45(41)30-15-5-2-6-16-30;1-3-12-28(13-4-1)29-22-24-34-35-25-23-30(27-41(35)46-40(34)26-29)32-16-7-8-17-33(32)36-19-11-20-38-42-44(47-43(36)38)37-18-9-10-21-39(37)45(42)31-14-5-2-6-15-31/h3*1-27H. The van der Waals surface area contributed by atoms with Crippen molar-refractivity contribution >= 4 is 165 Å². The van der Waals surface area contributed by atoms with E-state index in [1.165, 1.54) is 16.7 Å². The van der Waals surface area contributed by atoms with Gasteiger partial charge in [-0.2, -0.15) is 0 Å². The Bertz CT molecular complexity index is 10200. The van der Waals surface area contributed by atoms with Crippen molar-refractivity contribution < 1.29 is 26.5 Å². The van der Waals surface area contributed by atoms with Crippen molar-refractivity contribution in [3.63, 3.8) is 0 Å². The first kappa shape index (κ1) is 80.5. The van der Waals surface area contributed by atoms with E-state index in [0.29, 0.717) is 0 Å². The fraction of sp³-hybridized carbons (Fsp3) is 0. The highest BCUT2D eigenvalue weighted by Crippen LogP contribution is 2.52. The molecule has 21 aromatic carbocycles. The van der Waals surface area contributed by atoms with E-state index in [1.54, 1.807) is 0 Å². The van der Waals surface area contributed by atoms with Gasteiger partial charge >= 0.3 is 0 Å². The lowest BCUT2D eigenvalue weighted by Gasteiger charge is -2.12. The third-order valence-corrected chi connectivity index (χ3v) is 28.3. The zero-order valence-electron chi connectivity index (χ0n) is 76.1. The third kappa shape index (κ3) is 13.1. The van der Waals surface area contributed by atoms with Crippen LogP contribution in [-0.4, -0.2) is 13.7 Å². The van der Waals surface area contributed by atoms with Gasteiger partial charge in [-0.1, -0.05) is 358 Å². The molecule has 0 aliphatic rings. The first-order valence-corrected chi connectivity index (χ1v) is 47.8. The highest BCUT2D eigenvalue weighted by atomic mass is 16.4. The van der Waals surface area contributed by atoms with Crippen LogP contribution >= 0.6 is 0 Å². The molecule has 0 aliphatic carbocycles. The van der Waals surface area contributed by atoms with E-state index in [-0.39, 0.29) is 0 Å². The number of rotatable bonds is 12. The van der Waals surface area contributed by atoms with Crippen LogP contribution in [0.4, 0.5) is 0 Å². The number of aromatic nitrogens is 3. The van der Waals surface area contributed by atoms with Crippen LogP contribution in [0, 0.1) is 0 Å². The molecule has 0 bridgehead atoms. The van der Waals surface area contributed by atoms with Gasteiger partial charge in [0.25, 0.3) is 0 Å². The van der Waals surface area contributed by atoms with Gasteiger partial charge in [0, 0.05) is 110 Å². The zero-order valence-corrected chi connectivity index (χ0v) is 76.1. The number of hydrogen-bond acceptors (Lipinski definition) is 6. The van der Waals surface area contributed by atoms with E-state index in [9.17, 15) is 0 Å². The SMILES string of the molecule is c1ccc(-c2ccc3c(c2)oc2cc(-c4ccccc4-c4cccc5c4oc4c6ccccc6n(-c6ccccc6)c54)ccc23)cc1.c1ccc(-c2ccc3oc4c(-c5ccccc5-c5cccc6c5oc5c7ccccc7n(-c7ccccc7)c65)cccc4c3c2)cc1.c1ccc(-c2cccc3c2oc2cccc(-c4ccccc4-c4cccc5c4oc4c6ccccc6n(-c6ccccc6)c54)c23)cc1. The summed E-state index contributed by atoms with van der Waals surface area (Å²) in [5.41, 5.74) is 40.8. The summed E-state index contributed by atoms with van der Waals surface area (Å²) in [6, 6.07) is 173. The lowest BCUT2D eigenvalue weighted by Crippen LogP contribution is -1.93. The van der Waals surface area contributed by atoms with E-state index in [4.69, 9.17) is 26.5 Å². The van der Waals surface area contributed by atoms with Crippen molar-refractivity contribution in [1.82, 2.24) is 13.7 Å². The number of fused-ring (bicyclic) bond motifs is 24. The molecule has 9 heteroatoms. The Morgan fingerprint density at radius 1 is 0.128 bits per heavy atom. The second-order valence-electron chi connectivity index (χ2n) is 36.2. The topological polar surface area (TPSA) is 93.6 Å². The molecule has 30 rings (SSSR count). The summed E-state index contributed by atoms with van der Waals surface area (Å²) in [4.78, 5) is 0. The van der Waals surface area contributed by atoms with E-state index in [1.807, 2.05) is 18.2 Å². The lowest BCUT2D eigenvalue weighted by molar-refractivity contribution is 0.669. The maximum atomic E-state index is 6.91. The summed E-state index contributed by atoms with van der Waals surface area (Å²) in [7, 11) is 0. The van der Waals surface area contributed by atoms with Gasteiger partial charge < -0.3 is 40.2 Å². The van der Waals surface area contributed by atoms with Crippen LogP contribution in [0.1, 0.15) is 0 Å². The summed E-state index contributed by atoms with van der Waals surface area (Å²) in [6.07, 6.45) is 0. The van der Waals surface area contributed by atoms with Gasteiger partial charge in [0.15, 0.2) is 16.7 Å². The number of benzene rings is 21. The second-order valence-corrected chi connectivity index (χ2v) is 36.2. The van der Waals surface area contributed by atoms with Crippen molar-refractivity contribution in [3.05, 3.63) is 491 Å². The third-order valence-electron chi connectivity index (χ3n) is 28.3. The molecule has 660 valence electrons. The Labute approximate surface area is 807 Å². The molecule has 0 radical (unpaired) electrons. The summed E-state index contributed by atoms with van der Waals surface area (Å²) in [5, 5.41) is 13.3. The lowest BCUT2D eigenvalue weighted by atomic mass is 9.91. The molecule has 0 unspecified atom stereocenters. The molecule has 0 aliphatic heterocycles. The van der Waals surface area contributed by atoms with Crippen molar-refractivity contribution in [2.75, 3.05) is 0 Å². The Hall–Kier alpha value is -19.0. The maximum absolute atomic E-state index is 6.91. The molecule has 0 saturated heterocycles. The molecule has 0 amide bonds. The minimum absolute atomic E-state index is 0.876. The van der Waals surface area contributed by atoms with E-state index >= 15 is 0 Å². The predicted octanol–water partition coefficient (Wildman–Crippen LogP) is 37.3. The summed E-state index contributed by atoms with van der Waals surface area (Å²) in [6.45, 7) is 0. The summed E-state index contributed by atoms with van der Waals surface area (Å²) >= 11 is 0. The molecule has 0 atom stereocenters. The zero-order chi connectivity index (χ0) is 92.7. The molecule has 9 nitrogen and oxygen atoms in total. The normalized spacial score (nSPS) is 11.8. The molecular formula is C132H81N3O6. The van der Waals surface area contributed by atoms with Crippen molar-refractivity contribution in [1.29, 1.82) is 0 Å². The van der Waals surface area contributed by atoms with Gasteiger partial charge in [0.05, 0.1) is 16.6 Å². The fourth-order valence-electron chi connectivity index (χ4n) is 22.0. The first-order chi connectivity index (χ1) is 70.0. The molecule has 9 heterocycles. The van der Waals surface area contributed by atoms with Gasteiger partial charge in [0.2, 0.25) is 0 Å². The smallest absolute Gasteiger partial charge is 0.161 e. The second kappa shape index (κ2) is 33.0. The van der Waals surface area contributed by atoms with E-state index in [2.05, 4.69) is 487 Å². The van der Waals surface area contributed by atoms with Crippen LogP contribution in [-0.2, 0) is 0 Å². The quantitative estimate of drug-likeness (QED) is 0.121. The monoisotopic (exact) mass is 1800 g/mol. The van der Waals surface area contributed by atoms with Crippen LogP contribution in [0.2, 0.25) is 0 Å². The minimum atomic E-state index is 0.876. The predicted molar refractivity (Wildman–Crippen MR) is 582 cm³/mol. The number of hydrogen-bond donors (Lipinski definition) is 0. The summed E-state index contributed by atoms with van der Waals surface area (Å²) in [5.74, 6) is 0. The van der Waals surface area contributed by atoms with Gasteiger partial charge in [0.1, 0.15) is 66.8 Å². The van der Waals surface area contributed by atoms with Crippen molar-refractivity contribution in [3.8, 4) is 117 Å². The Balaban J connectivity index is 0.000000104. The fourth-order valence-corrected chi connectivity index (χ4v) is 22.0. The molecule has 0 saturated carbocycles. The average Bonchev–Trinajstić information content (AvgIpc) is 1.56. The first-order valence-electron chi connectivity index (χ1n) is 47.8. The molecule has 0 spiro atoms. The van der Waals surface area contributed by atoms with Crippen LogP contribution in [0.15, 0.2) is 518 Å². The van der Waals surface area contributed by atoms with Crippen LogP contribution in [0.25, 0.3) is 282 Å². The van der Waals surface area contributed by atoms with Gasteiger partial charge in [-0.15, -0.1) is 0 Å².